The second-order valence-corrected chi connectivity index (χ2v) is 11.1. The molecular weight excluding hydrogens is 516 g/mol. The highest BCUT2D eigenvalue weighted by Crippen LogP contribution is 2.23. The zero-order chi connectivity index (χ0) is 28.5. The number of methoxy groups -OCH3 is 1. The van der Waals surface area contributed by atoms with Gasteiger partial charge in [-0.05, 0) is 45.0 Å². The van der Waals surface area contributed by atoms with E-state index in [0.717, 1.165) is 7.11 Å². The number of sulfone groups is 1. The smallest absolute Gasteiger partial charge is 0.407 e. The molecule has 3 amide bonds. The number of nitrogens with two attached hydrogens (primary N) is 1. The third kappa shape index (κ3) is 8.02. The van der Waals surface area contributed by atoms with Crippen LogP contribution in [0.4, 0.5) is 4.79 Å². The number of benzene rings is 2. The Kier molecular flexibility index (Phi) is 10.4. The van der Waals surface area contributed by atoms with Gasteiger partial charge in [-0.1, -0.05) is 36.4 Å². The zero-order valence-corrected chi connectivity index (χ0v) is 22.4. The van der Waals surface area contributed by atoms with Crippen molar-refractivity contribution in [1.82, 2.24) is 15.6 Å². The van der Waals surface area contributed by atoms with Gasteiger partial charge in [-0.3, -0.25) is 19.4 Å². The number of alkyl carbamates (subject to hydrolysis) is 1. The number of rotatable bonds is 10. The molecule has 2 atom stereocenters. The van der Waals surface area contributed by atoms with Crippen LogP contribution in [0.15, 0.2) is 65.6 Å². The minimum Gasteiger partial charge on any atom is -0.468 e. The van der Waals surface area contributed by atoms with Gasteiger partial charge in [0, 0.05) is 18.7 Å². The van der Waals surface area contributed by atoms with Gasteiger partial charge in [0.1, 0.15) is 5.60 Å². The lowest BCUT2D eigenvalue weighted by Crippen LogP contribution is -2.62. The van der Waals surface area contributed by atoms with E-state index in [1.807, 2.05) is 0 Å². The number of carbonyl (C=O) groups excluding carboxylic acids is 4. The molecule has 0 aliphatic rings. The Morgan fingerprint density at radius 1 is 0.921 bits per heavy atom. The molecule has 0 saturated heterocycles. The van der Waals surface area contributed by atoms with Crippen molar-refractivity contribution in [2.45, 2.75) is 42.6 Å². The van der Waals surface area contributed by atoms with E-state index in [9.17, 15) is 27.6 Å². The third-order valence-corrected chi connectivity index (χ3v) is 7.09. The molecule has 4 N–H and O–H groups in total. The van der Waals surface area contributed by atoms with E-state index in [2.05, 4.69) is 10.6 Å². The van der Waals surface area contributed by atoms with Gasteiger partial charge >= 0.3 is 12.1 Å². The highest BCUT2D eigenvalue weighted by Gasteiger charge is 2.49. The molecule has 0 heterocycles. The normalized spacial score (nSPS) is 13.0. The van der Waals surface area contributed by atoms with Crippen LogP contribution in [-0.4, -0.2) is 74.4 Å². The molecule has 38 heavy (non-hydrogen) atoms. The summed E-state index contributed by atoms with van der Waals surface area (Å²) in [6, 6.07) is 12.5. The van der Waals surface area contributed by atoms with Crippen LogP contribution in [0.25, 0.3) is 0 Å². The third-order valence-electron chi connectivity index (χ3n) is 5.04. The monoisotopic (exact) mass is 548 g/mol. The molecule has 206 valence electrons. The Labute approximate surface area is 221 Å². The van der Waals surface area contributed by atoms with Crippen LogP contribution in [0.1, 0.15) is 31.1 Å². The van der Waals surface area contributed by atoms with E-state index >= 15 is 0 Å². The Bertz CT molecular complexity index is 1230. The Hall–Kier alpha value is -3.97. The summed E-state index contributed by atoms with van der Waals surface area (Å²) in [5.74, 6) is 2.79. The largest absolute Gasteiger partial charge is 0.468 e. The maximum atomic E-state index is 13.5. The standard InChI is InChI=1S/C25H32N4O8S/c1-25(2,3)37-24(33)28-16-15-27-21(30)19(29(26)22(31)17-11-7-5-8-12-17)20(23(32)36-4)38(34,35)18-13-9-6-10-14-18/h5-14,19-20H,15-16,26H2,1-4H3,(H,27,30)(H,28,33)/t19?,20-/m0/s1. The van der Waals surface area contributed by atoms with Gasteiger partial charge in [-0.25, -0.2) is 19.1 Å². The molecule has 1 unspecified atom stereocenters. The Balaban J connectivity index is 2.40. The Morgan fingerprint density at radius 3 is 1.97 bits per heavy atom. The highest BCUT2D eigenvalue weighted by molar-refractivity contribution is 7.93. The van der Waals surface area contributed by atoms with Crippen molar-refractivity contribution < 1.29 is 37.1 Å². The van der Waals surface area contributed by atoms with E-state index in [1.54, 1.807) is 45.0 Å². The molecule has 2 rings (SSSR count). The number of hydrogen-bond donors (Lipinski definition) is 3. The van der Waals surface area contributed by atoms with Gasteiger partial charge in [-0.2, -0.15) is 0 Å². The van der Waals surface area contributed by atoms with Crippen molar-refractivity contribution in [2.75, 3.05) is 20.2 Å². The van der Waals surface area contributed by atoms with Crippen molar-refractivity contribution in [1.29, 1.82) is 0 Å². The van der Waals surface area contributed by atoms with Crippen LogP contribution in [0.2, 0.25) is 0 Å². The van der Waals surface area contributed by atoms with Crippen LogP contribution in [0.3, 0.4) is 0 Å². The second-order valence-electron chi connectivity index (χ2n) is 9.04. The first-order valence-corrected chi connectivity index (χ1v) is 13.1. The van der Waals surface area contributed by atoms with Gasteiger partial charge in [0.05, 0.1) is 12.0 Å². The number of esters is 1. The van der Waals surface area contributed by atoms with Crippen molar-refractivity contribution in [3.63, 3.8) is 0 Å². The summed E-state index contributed by atoms with van der Waals surface area (Å²) in [4.78, 5) is 50.9. The van der Waals surface area contributed by atoms with Crippen LogP contribution in [0, 0.1) is 0 Å². The molecule has 13 heteroatoms. The van der Waals surface area contributed by atoms with E-state index < -0.39 is 50.6 Å². The maximum Gasteiger partial charge on any atom is 0.407 e. The fraction of sp³-hybridized carbons (Fsp3) is 0.360. The van der Waals surface area contributed by atoms with Crippen molar-refractivity contribution in [3.05, 3.63) is 66.2 Å². The summed E-state index contributed by atoms with van der Waals surface area (Å²) < 4.78 is 36.9. The van der Waals surface area contributed by atoms with E-state index in [1.165, 1.54) is 36.4 Å². The molecule has 0 spiro atoms. The first-order valence-electron chi connectivity index (χ1n) is 11.5. The van der Waals surface area contributed by atoms with E-state index in [4.69, 9.17) is 15.3 Å². The highest BCUT2D eigenvalue weighted by atomic mass is 32.2. The molecule has 0 aliphatic carbocycles. The summed E-state index contributed by atoms with van der Waals surface area (Å²) in [7, 11) is -3.63. The number of hydrogen-bond acceptors (Lipinski definition) is 9. The van der Waals surface area contributed by atoms with Crippen LogP contribution >= 0.6 is 0 Å². The molecule has 12 nitrogen and oxygen atoms in total. The number of amides is 3. The molecular formula is C25H32N4O8S. The fourth-order valence-corrected chi connectivity index (χ4v) is 5.11. The molecule has 0 radical (unpaired) electrons. The van der Waals surface area contributed by atoms with Crippen LogP contribution in [0.5, 0.6) is 0 Å². The summed E-state index contributed by atoms with van der Waals surface area (Å²) in [5.41, 5.74) is -0.685. The fourth-order valence-electron chi connectivity index (χ4n) is 3.33. The van der Waals surface area contributed by atoms with Gasteiger partial charge in [0.25, 0.3) is 5.91 Å². The first-order chi connectivity index (χ1) is 17.8. The quantitative estimate of drug-likeness (QED) is 0.129. The summed E-state index contributed by atoms with van der Waals surface area (Å²) in [5, 5.41) is 3.04. The lowest BCUT2D eigenvalue weighted by atomic mass is 10.1. The average molecular weight is 549 g/mol. The molecule has 0 fully saturated rings. The summed E-state index contributed by atoms with van der Waals surface area (Å²) in [6.45, 7) is 4.75. The van der Waals surface area contributed by atoms with E-state index in [0.29, 0.717) is 5.01 Å². The molecule has 0 bridgehead atoms. The Morgan fingerprint density at radius 2 is 1.45 bits per heavy atom. The van der Waals surface area contributed by atoms with Crippen molar-refractivity contribution >= 4 is 33.7 Å². The first kappa shape index (κ1) is 30.3. The SMILES string of the molecule is COC(=O)[C@H](C(C(=O)NCCNC(=O)OC(C)(C)C)N(N)C(=O)c1ccccc1)S(=O)(=O)c1ccccc1. The predicted octanol–water partition coefficient (Wildman–Crippen LogP) is 1.03. The number of carbonyl (C=O) groups is 4. The summed E-state index contributed by atoms with van der Waals surface area (Å²) in [6.07, 6.45) is -0.734. The van der Waals surface area contributed by atoms with E-state index in [-0.39, 0.29) is 23.5 Å². The zero-order valence-electron chi connectivity index (χ0n) is 21.5. The summed E-state index contributed by atoms with van der Waals surface area (Å²) >= 11 is 0. The second kappa shape index (κ2) is 13.0. The number of nitrogens with zero attached hydrogens (tertiary/aromatic N) is 1. The maximum absolute atomic E-state index is 13.5. The molecule has 0 aromatic heterocycles. The molecule has 2 aromatic rings. The minimum absolute atomic E-state index is 0.0557. The topological polar surface area (TPSA) is 174 Å². The number of hydrazine groups is 1. The van der Waals surface area contributed by atoms with Gasteiger partial charge in [0.2, 0.25) is 5.91 Å². The number of ether oxygens (including phenoxy) is 2. The minimum atomic E-state index is -4.58. The molecule has 2 aromatic carbocycles. The van der Waals surface area contributed by atoms with Gasteiger partial charge < -0.3 is 20.1 Å². The molecule has 0 aliphatic heterocycles. The number of nitrogens with one attached hydrogen (secondary N) is 2. The predicted molar refractivity (Wildman–Crippen MR) is 137 cm³/mol. The van der Waals surface area contributed by atoms with Crippen molar-refractivity contribution in [3.8, 4) is 0 Å². The van der Waals surface area contributed by atoms with Gasteiger partial charge in [0.15, 0.2) is 21.1 Å². The lowest BCUT2D eigenvalue weighted by Gasteiger charge is -2.31. The van der Waals surface area contributed by atoms with Crippen LogP contribution in [-0.2, 0) is 28.9 Å². The van der Waals surface area contributed by atoms with Crippen molar-refractivity contribution in [2.24, 2.45) is 5.84 Å². The van der Waals surface area contributed by atoms with Crippen LogP contribution < -0.4 is 16.5 Å². The molecule has 0 saturated carbocycles. The van der Waals surface area contributed by atoms with Gasteiger partial charge in [-0.15, -0.1) is 0 Å². The lowest BCUT2D eigenvalue weighted by molar-refractivity contribution is -0.143. The average Bonchev–Trinajstić information content (AvgIpc) is 2.88.